The van der Waals surface area contributed by atoms with Gasteiger partial charge in [0.05, 0.1) is 7.11 Å². The van der Waals surface area contributed by atoms with Gasteiger partial charge in [-0.2, -0.15) is 0 Å². The Morgan fingerprint density at radius 2 is 2.00 bits per heavy atom. The molecule has 128 valence electrons. The molecule has 0 radical (unpaired) electrons. The maximum Gasteiger partial charge on any atom is 0.305 e. The molecular weight excluding hydrogens is 310 g/mol. The molecule has 1 unspecified atom stereocenters. The molecule has 1 aromatic carbocycles. The Morgan fingerprint density at radius 3 is 2.65 bits per heavy atom. The van der Waals surface area contributed by atoms with E-state index in [1.54, 1.807) is 7.05 Å². The number of hydrogen-bond acceptors (Lipinski definition) is 4. The van der Waals surface area contributed by atoms with Gasteiger partial charge in [-0.3, -0.25) is 9.79 Å². The van der Waals surface area contributed by atoms with Gasteiger partial charge in [-0.1, -0.05) is 25.1 Å². The van der Waals surface area contributed by atoms with Crippen molar-refractivity contribution in [2.24, 2.45) is 4.99 Å². The highest BCUT2D eigenvalue weighted by Crippen LogP contribution is 2.21. The standard InChI is InChI=1S/C17H27N3O2S/c1-14(23-15-9-5-4-6-10-15)13-20-17(18-2)19-12-8-7-11-16(21)22-3/h4-6,9-10,14H,7-8,11-13H2,1-3H3,(H2,18,19,20). The molecule has 0 bridgehead atoms. The number of benzene rings is 1. The van der Waals surface area contributed by atoms with Crippen LogP contribution < -0.4 is 10.6 Å². The number of rotatable bonds is 9. The molecule has 0 aromatic heterocycles. The zero-order valence-corrected chi connectivity index (χ0v) is 15.0. The monoisotopic (exact) mass is 337 g/mol. The molecule has 5 nitrogen and oxygen atoms in total. The zero-order valence-electron chi connectivity index (χ0n) is 14.2. The average molecular weight is 337 g/mol. The van der Waals surface area contributed by atoms with Crippen molar-refractivity contribution in [2.75, 3.05) is 27.2 Å². The normalized spacial score (nSPS) is 12.6. The van der Waals surface area contributed by atoms with Gasteiger partial charge in [0.15, 0.2) is 5.96 Å². The molecular formula is C17H27N3O2S. The summed E-state index contributed by atoms with van der Waals surface area (Å²) in [5.74, 6) is 0.642. The lowest BCUT2D eigenvalue weighted by atomic mass is 10.2. The number of esters is 1. The number of thioether (sulfide) groups is 1. The number of unbranched alkanes of at least 4 members (excludes halogenated alkanes) is 1. The number of carbonyl (C=O) groups excluding carboxylic acids is 1. The van der Waals surface area contributed by atoms with Gasteiger partial charge in [-0.05, 0) is 25.0 Å². The highest BCUT2D eigenvalue weighted by Gasteiger charge is 2.06. The van der Waals surface area contributed by atoms with Crippen molar-refractivity contribution in [3.05, 3.63) is 30.3 Å². The van der Waals surface area contributed by atoms with E-state index in [1.165, 1.54) is 12.0 Å². The van der Waals surface area contributed by atoms with E-state index in [4.69, 9.17) is 0 Å². The summed E-state index contributed by atoms with van der Waals surface area (Å²) >= 11 is 1.84. The molecule has 2 N–H and O–H groups in total. The summed E-state index contributed by atoms with van der Waals surface area (Å²) in [5.41, 5.74) is 0. The first-order valence-corrected chi connectivity index (χ1v) is 8.76. The van der Waals surface area contributed by atoms with Crippen LogP contribution in [0.5, 0.6) is 0 Å². The van der Waals surface area contributed by atoms with Crippen molar-refractivity contribution in [1.82, 2.24) is 10.6 Å². The van der Waals surface area contributed by atoms with Crippen LogP contribution in [0.25, 0.3) is 0 Å². The van der Waals surface area contributed by atoms with Crippen LogP contribution in [-0.2, 0) is 9.53 Å². The number of ether oxygens (including phenoxy) is 1. The molecule has 0 spiro atoms. The van der Waals surface area contributed by atoms with E-state index < -0.39 is 0 Å². The third kappa shape index (κ3) is 9.13. The lowest BCUT2D eigenvalue weighted by Gasteiger charge is -2.15. The summed E-state index contributed by atoms with van der Waals surface area (Å²) < 4.78 is 4.62. The summed E-state index contributed by atoms with van der Waals surface area (Å²) in [6.45, 7) is 3.81. The molecule has 0 amide bonds. The fourth-order valence-corrected chi connectivity index (χ4v) is 2.88. The topological polar surface area (TPSA) is 62.7 Å². The van der Waals surface area contributed by atoms with Crippen LogP contribution in [0.3, 0.4) is 0 Å². The molecule has 0 saturated heterocycles. The predicted molar refractivity (Wildman–Crippen MR) is 97.0 cm³/mol. The fourth-order valence-electron chi connectivity index (χ4n) is 1.94. The molecule has 0 aliphatic rings. The van der Waals surface area contributed by atoms with Gasteiger partial charge in [0.1, 0.15) is 0 Å². The minimum Gasteiger partial charge on any atom is -0.469 e. The fraction of sp³-hybridized carbons (Fsp3) is 0.529. The maximum atomic E-state index is 11.0. The highest BCUT2D eigenvalue weighted by atomic mass is 32.2. The average Bonchev–Trinajstić information content (AvgIpc) is 2.57. The van der Waals surface area contributed by atoms with Crippen LogP contribution in [0, 0.1) is 0 Å². The van der Waals surface area contributed by atoms with E-state index in [1.807, 2.05) is 17.8 Å². The van der Waals surface area contributed by atoms with Gasteiger partial charge in [0.2, 0.25) is 0 Å². The maximum absolute atomic E-state index is 11.0. The SMILES string of the molecule is CN=C(NCCCCC(=O)OC)NCC(C)Sc1ccccc1. The quantitative estimate of drug-likeness (QED) is 0.238. The molecule has 0 aliphatic heterocycles. The van der Waals surface area contributed by atoms with Crippen LogP contribution in [0.1, 0.15) is 26.2 Å². The molecule has 1 aromatic rings. The van der Waals surface area contributed by atoms with Gasteiger partial charge < -0.3 is 15.4 Å². The Labute approximate surface area is 143 Å². The van der Waals surface area contributed by atoms with Crippen molar-refractivity contribution in [2.45, 2.75) is 36.3 Å². The summed E-state index contributed by atoms with van der Waals surface area (Å²) in [6, 6.07) is 10.4. The van der Waals surface area contributed by atoms with Crippen LogP contribution >= 0.6 is 11.8 Å². The van der Waals surface area contributed by atoms with E-state index in [0.29, 0.717) is 11.7 Å². The Morgan fingerprint density at radius 1 is 1.26 bits per heavy atom. The van der Waals surface area contributed by atoms with Crippen molar-refractivity contribution in [3.63, 3.8) is 0 Å². The van der Waals surface area contributed by atoms with Crippen LogP contribution in [0.15, 0.2) is 40.2 Å². The molecule has 0 heterocycles. The Balaban J connectivity index is 2.17. The zero-order chi connectivity index (χ0) is 16.9. The molecule has 0 fully saturated rings. The van der Waals surface area contributed by atoms with Crippen LogP contribution in [0.2, 0.25) is 0 Å². The largest absolute Gasteiger partial charge is 0.469 e. The molecule has 6 heteroatoms. The van der Waals surface area contributed by atoms with Crippen molar-refractivity contribution in [3.8, 4) is 0 Å². The third-order valence-electron chi connectivity index (χ3n) is 3.19. The second kappa shape index (κ2) is 11.8. The van der Waals surface area contributed by atoms with Gasteiger partial charge in [0, 0.05) is 36.7 Å². The van der Waals surface area contributed by atoms with E-state index >= 15 is 0 Å². The van der Waals surface area contributed by atoms with Crippen LogP contribution in [0.4, 0.5) is 0 Å². The van der Waals surface area contributed by atoms with Crippen LogP contribution in [-0.4, -0.2) is 44.4 Å². The number of methoxy groups -OCH3 is 1. The lowest BCUT2D eigenvalue weighted by molar-refractivity contribution is -0.140. The van der Waals surface area contributed by atoms with E-state index in [2.05, 4.69) is 51.6 Å². The highest BCUT2D eigenvalue weighted by molar-refractivity contribution is 8.00. The minimum atomic E-state index is -0.153. The Hall–Kier alpha value is -1.69. The molecule has 23 heavy (non-hydrogen) atoms. The summed E-state index contributed by atoms with van der Waals surface area (Å²) in [4.78, 5) is 16.5. The minimum absolute atomic E-state index is 0.153. The smallest absolute Gasteiger partial charge is 0.305 e. The van der Waals surface area contributed by atoms with E-state index in [0.717, 1.165) is 31.9 Å². The number of guanidine groups is 1. The van der Waals surface area contributed by atoms with E-state index in [9.17, 15) is 4.79 Å². The molecule has 0 aliphatic carbocycles. The number of nitrogens with one attached hydrogen (secondary N) is 2. The van der Waals surface area contributed by atoms with Gasteiger partial charge in [-0.15, -0.1) is 11.8 Å². The molecule has 1 atom stereocenters. The number of nitrogens with zero attached hydrogens (tertiary/aromatic N) is 1. The lowest BCUT2D eigenvalue weighted by Crippen LogP contribution is -2.40. The first-order chi connectivity index (χ1) is 11.2. The van der Waals surface area contributed by atoms with Gasteiger partial charge in [0.25, 0.3) is 0 Å². The summed E-state index contributed by atoms with van der Waals surface area (Å²) in [5, 5.41) is 7.02. The Kier molecular flexibility index (Phi) is 9.95. The number of aliphatic imine (C=N–C) groups is 1. The number of hydrogen-bond donors (Lipinski definition) is 2. The molecule has 0 saturated carbocycles. The predicted octanol–water partition coefficient (Wildman–Crippen LogP) is 2.68. The first-order valence-electron chi connectivity index (χ1n) is 7.88. The summed E-state index contributed by atoms with van der Waals surface area (Å²) in [6.07, 6.45) is 2.19. The van der Waals surface area contributed by atoms with Gasteiger partial charge in [-0.25, -0.2) is 0 Å². The van der Waals surface area contributed by atoms with Gasteiger partial charge >= 0.3 is 5.97 Å². The molecule has 1 rings (SSSR count). The van der Waals surface area contributed by atoms with Crippen molar-refractivity contribution in [1.29, 1.82) is 0 Å². The third-order valence-corrected chi connectivity index (χ3v) is 4.30. The van der Waals surface area contributed by atoms with Crippen molar-refractivity contribution < 1.29 is 9.53 Å². The second-order valence-corrected chi connectivity index (χ2v) is 6.67. The summed E-state index contributed by atoms with van der Waals surface area (Å²) in [7, 11) is 3.18. The second-order valence-electron chi connectivity index (χ2n) is 5.15. The van der Waals surface area contributed by atoms with E-state index in [-0.39, 0.29) is 5.97 Å². The number of carbonyl (C=O) groups is 1. The Bertz CT molecular complexity index is 480. The van der Waals surface area contributed by atoms with Crippen molar-refractivity contribution >= 4 is 23.7 Å². The first kappa shape index (κ1) is 19.4.